The molecule has 3 heteroatoms. The number of methoxy groups -OCH3 is 1. The van der Waals surface area contributed by atoms with Crippen LogP contribution in [0.5, 0.6) is 0 Å². The molecule has 0 aromatic carbocycles. The van der Waals surface area contributed by atoms with Gasteiger partial charge in [0.05, 0.1) is 12.7 Å². The maximum absolute atomic E-state index is 11.0. The van der Waals surface area contributed by atoms with Crippen LogP contribution in [0.1, 0.15) is 40.0 Å². The van der Waals surface area contributed by atoms with Gasteiger partial charge in [-0.05, 0) is 44.6 Å². The van der Waals surface area contributed by atoms with Crippen molar-refractivity contribution in [1.82, 2.24) is 0 Å². The number of carbonyl (C=O) groups excluding carboxylic acids is 1. The SMILES string of the molecule is COC(=O)COC(C)(C)C1=CC[C@H](C)CC1. The summed E-state index contributed by atoms with van der Waals surface area (Å²) in [7, 11) is 1.38. The van der Waals surface area contributed by atoms with Crippen molar-refractivity contribution in [3.63, 3.8) is 0 Å². The van der Waals surface area contributed by atoms with E-state index in [1.807, 2.05) is 13.8 Å². The van der Waals surface area contributed by atoms with Gasteiger partial charge in [0.15, 0.2) is 0 Å². The minimum atomic E-state index is -0.353. The second-order valence-corrected chi connectivity index (χ2v) is 4.98. The van der Waals surface area contributed by atoms with Crippen LogP contribution in [0.25, 0.3) is 0 Å². The van der Waals surface area contributed by atoms with Crippen molar-refractivity contribution < 1.29 is 14.3 Å². The van der Waals surface area contributed by atoms with Crippen LogP contribution in [0.15, 0.2) is 11.6 Å². The molecule has 92 valence electrons. The highest BCUT2D eigenvalue weighted by Crippen LogP contribution is 2.32. The molecule has 0 fully saturated rings. The molecule has 1 atom stereocenters. The van der Waals surface area contributed by atoms with Gasteiger partial charge in [-0.25, -0.2) is 4.79 Å². The Morgan fingerprint density at radius 3 is 2.75 bits per heavy atom. The number of rotatable bonds is 4. The third-order valence-electron chi connectivity index (χ3n) is 3.22. The molecule has 0 amide bonds. The number of carbonyl (C=O) groups is 1. The molecule has 0 unspecified atom stereocenters. The summed E-state index contributed by atoms with van der Waals surface area (Å²) in [6.07, 6.45) is 5.64. The van der Waals surface area contributed by atoms with Gasteiger partial charge in [-0.3, -0.25) is 0 Å². The number of allylic oxidation sites excluding steroid dienone is 1. The minimum absolute atomic E-state index is 0.0242. The Bertz CT molecular complexity index is 279. The van der Waals surface area contributed by atoms with Gasteiger partial charge in [-0.15, -0.1) is 0 Å². The summed E-state index contributed by atoms with van der Waals surface area (Å²) in [6, 6.07) is 0. The predicted molar refractivity (Wildman–Crippen MR) is 63.1 cm³/mol. The first-order valence-corrected chi connectivity index (χ1v) is 5.86. The highest BCUT2D eigenvalue weighted by Gasteiger charge is 2.27. The smallest absolute Gasteiger partial charge is 0.331 e. The first-order chi connectivity index (χ1) is 7.45. The fourth-order valence-electron chi connectivity index (χ4n) is 1.90. The van der Waals surface area contributed by atoms with Crippen molar-refractivity contribution in [2.45, 2.75) is 45.6 Å². The summed E-state index contributed by atoms with van der Waals surface area (Å²) in [5.74, 6) is 0.443. The molecule has 0 spiro atoms. The van der Waals surface area contributed by atoms with Crippen molar-refractivity contribution in [2.75, 3.05) is 13.7 Å². The largest absolute Gasteiger partial charge is 0.467 e. The average molecular weight is 226 g/mol. The van der Waals surface area contributed by atoms with E-state index in [-0.39, 0.29) is 18.2 Å². The van der Waals surface area contributed by atoms with Gasteiger partial charge in [-0.2, -0.15) is 0 Å². The highest BCUT2D eigenvalue weighted by molar-refractivity contribution is 5.70. The number of hydrogen-bond donors (Lipinski definition) is 0. The van der Waals surface area contributed by atoms with Crippen molar-refractivity contribution in [2.24, 2.45) is 5.92 Å². The van der Waals surface area contributed by atoms with E-state index in [0.29, 0.717) is 0 Å². The standard InChI is InChI=1S/C13H22O3/c1-10-5-7-11(8-6-10)13(2,3)16-9-12(14)15-4/h7,10H,5-6,8-9H2,1-4H3/t10-/m0/s1. The highest BCUT2D eigenvalue weighted by atomic mass is 16.6. The maximum atomic E-state index is 11.0. The van der Waals surface area contributed by atoms with E-state index in [4.69, 9.17) is 4.74 Å². The van der Waals surface area contributed by atoms with Crippen molar-refractivity contribution in [3.05, 3.63) is 11.6 Å². The van der Waals surface area contributed by atoms with E-state index < -0.39 is 0 Å². The van der Waals surface area contributed by atoms with Crippen LogP contribution in [0, 0.1) is 5.92 Å². The van der Waals surface area contributed by atoms with E-state index in [9.17, 15) is 4.79 Å². The molecule has 0 N–H and O–H groups in total. The van der Waals surface area contributed by atoms with Crippen LogP contribution in [0.4, 0.5) is 0 Å². The molecule has 0 aliphatic heterocycles. The van der Waals surface area contributed by atoms with E-state index in [1.54, 1.807) is 0 Å². The lowest BCUT2D eigenvalue weighted by Crippen LogP contribution is -2.31. The zero-order valence-electron chi connectivity index (χ0n) is 10.7. The first kappa shape index (κ1) is 13.2. The van der Waals surface area contributed by atoms with E-state index >= 15 is 0 Å². The number of ether oxygens (including phenoxy) is 2. The van der Waals surface area contributed by atoms with E-state index in [2.05, 4.69) is 17.7 Å². The van der Waals surface area contributed by atoms with Crippen LogP contribution in [-0.4, -0.2) is 25.3 Å². The van der Waals surface area contributed by atoms with Gasteiger partial charge in [-0.1, -0.05) is 13.0 Å². The number of hydrogen-bond acceptors (Lipinski definition) is 3. The van der Waals surface area contributed by atoms with Crippen LogP contribution >= 0.6 is 0 Å². The summed E-state index contributed by atoms with van der Waals surface area (Å²) < 4.78 is 10.2. The molecule has 0 heterocycles. The maximum Gasteiger partial charge on any atom is 0.331 e. The average Bonchev–Trinajstić information content (AvgIpc) is 2.26. The monoisotopic (exact) mass is 226 g/mol. The van der Waals surface area contributed by atoms with Crippen molar-refractivity contribution in [1.29, 1.82) is 0 Å². The Labute approximate surface area is 97.8 Å². The van der Waals surface area contributed by atoms with E-state index in [0.717, 1.165) is 18.8 Å². The quantitative estimate of drug-likeness (QED) is 0.546. The van der Waals surface area contributed by atoms with Crippen LogP contribution in [0.3, 0.4) is 0 Å². The van der Waals surface area contributed by atoms with Crippen molar-refractivity contribution >= 4 is 5.97 Å². The fourth-order valence-corrected chi connectivity index (χ4v) is 1.90. The predicted octanol–water partition coefficient (Wildman–Crippen LogP) is 2.70. The second-order valence-electron chi connectivity index (χ2n) is 4.98. The Kier molecular flexibility index (Phi) is 4.54. The van der Waals surface area contributed by atoms with Crippen LogP contribution in [-0.2, 0) is 14.3 Å². The molecule has 0 saturated carbocycles. The molecule has 3 nitrogen and oxygen atoms in total. The molecule has 1 aliphatic carbocycles. The molecule has 1 aliphatic rings. The Balaban J connectivity index is 2.53. The molecule has 0 aromatic heterocycles. The van der Waals surface area contributed by atoms with Crippen LogP contribution < -0.4 is 0 Å². The second kappa shape index (κ2) is 5.48. The molecule has 0 saturated heterocycles. The molecule has 0 bridgehead atoms. The van der Waals surface area contributed by atoms with Gasteiger partial charge in [0, 0.05) is 0 Å². The van der Waals surface area contributed by atoms with Gasteiger partial charge in [0.2, 0.25) is 0 Å². The lowest BCUT2D eigenvalue weighted by atomic mass is 9.84. The molecule has 16 heavy (non-hydrogen) atoms. The summed E-state index contributed by atoms with van der Waals surface area (Å²) in [5, 5.41) is 0. The van der Waals surface area contributed by atoms with Gasteiger partial charge in [0.25, 0.3) is 0 Å². The summed E-state index contributed by atoms with van der Waals surface area (Å²) >= 11 is 0. The summed E-state index contributed by atoms with van der Waals surface area (Å²) in [6.45, 7) is 6.31. The zero-order chi connectivity index (χ0) is 12.2. The first-order valence-electron chi connectivity index (χ1n) is 5.86. The Hall–Kier alpha value is -0.830. The third-order valence-corrected chi connectivity index (χ3v) is 3.22. The van der Waals surface area contributed by atoms with Gasteiger partial charge >= 0.3 is 5.97 Å². The fraction of sp³-hybridized carbons (Fsp3) is 0.769. The summed E-state index contributed by atoms with van der Waals surface area (Å²) in [4.78, 5) is 11.0. The number of esters is 1. The topological polar surface area (TPSA) is 35.5 Å². The van der Waals surface area contributed by atoms with E-state index in [1.165, 1.54) is 19.1 Å². The molecular formula is C13H22O3. The zero-order valence-corrected chi connectivity index (χ0v) is 10.7. The molecule has 1 rings (SSSR count). The normalized spacial score (nSPS) is 21.5. The Morgan fingerprint density at radius 1 is 1.56 bits per heavy atom. The Morgan fingerprint density at radius 2 is 2.25 bits per heavy atom. The lowest BCUT2D eigenvalue weighted by Gasteiger charge is -2.31. The third kappa shape index (κ3) is 3.63. The van der Waals surface area contributed by atoms with Gasteiger partial charge in [0.1, 0.15) is 6.61 Å². The molecule has 0 radical (unpaired) electrons. The lowest BCUT2D eigenvalue weighted by molar-refractivity contribution is -0.150. The van der Waals surface area contributed by atoms with Gasteiger partial charge < -0.3 is 9.47 Å². The molecular weight excluding hydrogens is 204 g/mol. The van der Waals surface area contributed by atoms with Crippen molar-refractivity contribution in [3.8, 4) is 0 Å². The minimum Gasteiger partial charge on any atom is -0.467 e. The summed E-state index contributed by atoms with van der Waals surface area (Å²) in [5.41, 5.74) is 0.948. The van der Waals surface area contributed by atoms with Crippen LogP contribution in [0.2, 0.25) is 0 Å². The molecule has 0 aromatic rings.